The van der Waals surface area contributed by atoms with Crippen LogP contribution in [0.4, 0.5) is 17.1 Å². The van der Waals surface area contributed by atoms with Crippen molar-refractivity contribution in [2.45, 2.75) is 13.3 Å². The molecule has 0 unspecified atom stereocenters. The number of amides is 2. The summed E-state index contributed by atoms with van der Waals surface area (Å²) < 4.78 is 5.15. The van der Waals surface area contributed by atoms with Gasteiger partial charge in [-0.2, -0.15) is 0 Å². The topological polar surface area (TPSA) is 79.5 Å². The summed E-state index contributed by atoms with van der Waals surface area (Å²) in [6.45, 7) is 1.97. The lowest BCUT2D eigenvalue weighted by molar-refractivity contribution is -0.116. The molecule has 0 radical (unpaired) electrons. The summed E-state index contributed by atoms with van der Waals surface area (Å²) in [6.07, 6.45) is 0.338. The Morgan fingerprint density at radius 3 is 2.25 bits per heavy atom. The van der Waals surface area contributed by atoms with E-state index in [9.17, 15) is 9.59 Å². The Hall–Kier alpha value is -3.02. The Labute approximate surface area is 141 Å². The summed E-state index contributed by atoms with van der Waals surface area (Å²) in [6, 6.07) is 14.5. The molecule has 0 aromatic heterocycles. The highest BCUT2D eigenvalue weighted by atomic mass is 16.5. The van der Waals surface area contributed by atoms with Crippen LogP contribution >= 0.6 is 0 Å². The minimum Gasteiger partial charge on any atom is -0.497 e. The molecule has 2 aromatic rings. The van der Waals surface area contributed by atoms with Crippen molar-refractivity contribution < 1.29 is 14.3 Å². The molecule has 0 bridgehead atoms. The van der Waals surface area contributed by atoms with Crippen LogP contribution < -0.4 is 20.7 Å². The van der Waals surface area contributed by atoms with Crippen molar-refractivity contribution in [2.24, 2.45) is 0 Å². The number of carbonyl (C=O) groups excluding carboxylic acids is 2. The number of ether oxygens (including phenoxy) is 1. The Kier molecular flexibility index (Phi) is 6.19. The summed E-state index contributed by atoms with van der Waals surface area (Å²) >= 11 is 0. The van der Waals surface area contributed by atoms with Crippen molar-refractivity contribution in [3.05, 3.63) is 48.5 Å². The summed E-state index contributed by atoms with van der Waals surface area (Å²) in [5.74, 6) is 0.553. The molecule has 6 nitrogen and oxygen atoms in total. The van der Waals surface area contributed by atoms with Crippen molar-refractivity contribution in [3.8, 4) is 5.75 Å². The Morgan fingerprint density at radius 1 is 0.958 bits per heavy atom. The minimum absolute atomic E-state index is 0.0855. The maximum absolute atomic E-state index is 11.9. The molecule has 2 rings (SSSR count). The fraction of sp³-hybridized carbons (Fsp3) is 0.222. The number of nitrogens with one attached hydrogen (secondary N) is 3. The number of carbonyl (C=O) groups is 2. The van der Waals surface area contributed by atoms with Gasteiger partial charge in [0.15, 0.2) is 0 Å². The number of anilines is 3. The van der Waals surface area contributed by atoms with Gasteiger partial charge in [-0.25, -0.2) is 0 Å². The predicted octanol–water partition coefficient (Wildman–Crippen LogP) is 3.09. The molecule has 0 spiro atoms. The second kappa shape index (κ2) is 8.57. The van der Waals surface area contributed by atoms with Gasteiger partial charge >= 0.3 is 0 Å². The first-order valence-electron chi connectivity index (χ1n) is 7.62. The molecule has 0 aliphatic rings. The lowest BCUT2D eigenvalue weighted by Gasteiger charge is -2.09. The van der Waals surface area contributed by atoms with Gasteiger partial charge in [-0.05, 0) is 36.4 Å². The standard InChI is InChI=1S/C18H21N3O3/c1-13(22)20-14-6-8-15(9-7-14)21-18(23)10-11-19-16-4-3-5-17(12-16)24-2/h3-9,12,19H,10-11H2,1-2H3,(H,20,22)(H,21,23). The third kappa shape index (κ3) is 5.64. The van der Waals surface area contributed by atoms with Crippen molar-refractivity contribution in [1.29, 1.82) is 0 Å². The van der Waals surface area contributed by atoms with E-state index in [1.807, 2.05) is 24.3 Å². The van der Waals surface area contributed by atoms with E-state index in [0.29, 0.717) is 24.3 Å². The zero-order valence-electron chi connectivity index (χ0n) is 13.8. The minimum atomic E-state index is -0.129. The molecule has 2 amide bonds. The van der Waals surface area contributed by atoms with Crippen molar-refractivity contribution in [1.82, 2.24) is 0 Å². The first-order valence-corrected chi connectivity index (χ1v) is 7.62. The first-order chi connectivity index (χ1) is 11.6. The second-order valence-corrected chi connectivity index (χ2v) is 5.22. The summed E-state index contributed by atoms with van der Waals surface area (Å²) in [5, 5.41) is 8.67. The molecule has 0 aliphatic carbocycles. The van der Waals surface area contributed by atoms with E-state index in [4.69, 9.17) is 4.74 Å². The van der Waals surface area contributed by atoms with Gasteiger partial charge in [0.25, 0.3) is 0 Å². The molecule has 0 heterocycles. The quantitative estimate of drug-likeness (QED) is 0.730. The molecule has 0 saturated carbocycles. The average molecular weight is 327 g/mol. The SMILES string of the molecule is COc1cccc(NCCC(=O)Nc2ccc(NC(C)=O)cc2)c1. The lowest BCUT2D eigenvalue weighted by atomic mass is 10.2. The van der Waals surface area contributed by atoms with Gasteiger partial charge in [0.1, 0.15) is 5.75 Å². The maximum atomic E-state index is 11.9. The molecular weight excluding hydrogens is 306 g/mol. The van der Waals surface area contributed by atoms with Crippen LogP contribution in [0.25, 0.3) is 0 Å². The van der Waals surface area contributed by atoms with E-state index in [-0.39, 0.29) is 11.8 Å². The molecule has 0 saturated heterocycles. The van der Waals surface area contributed by atoms with E-state index in [0.717, 1.165) is 11.4 Å². The monoisotopic (exact) mass is 327 g/mol. The Bertz CT molecular complexity index is 699. The van der Waals surface area contributed by atoms with Crippen LogP contribution in [0.5, 0.6) is 5.75 Å². The normalized spacial score (nSPS) is 9.92. The molecule has 0 atom stereocenters. The van der Waals surface area contributed by atoms with Crippen molar-refractivity contribution in [2.75, 3.05) is 29.6 Å². The van der Waals surface area contributed by atoms with Crippen LogP contribution in [0.15, 0.2) is 48.5 Å². The first kappa shape index (κ1) is 17.3. The third-order valence-electron chi connectivity index (χ3n) is 3.24. The molecule has 3 N–H and O–H groups in total. The summed E-state index contributed by atoms with van der Waals surface area (Å²) in [7, 11) is 1.61. The van der Waals surface area contributed by atoms with Crippen LogP contribution in [0, 0.1) is 0 Å². The number of hydrogen-bond donors (Lipinski definition) is 3. The van der Waals surface area contributed by atoms with E-state index >= 15 is 0 Å². The van der Waals surface area contributed by atoms with E-state index in [1.165, 1.54) is 6.92 Å². The zero-order valence-corrected chi connectivity index (χ0v) is 13.8. The number of rotatable bonds is 7. The second-order valence-electron chi connectivity index (χ2n) is 5.22. The van der Waals surface area contributed by atoms with Crippen LogP contribution in [0.3, 0.4) is 0 Å². The molecule has 2 aromatic carbocycles. The average Bonchev–Trinajstić information content (AvgIpc) is 2.56. The zero-order chi connectivity index (χ0) is 17.4. The van der Waals surface area contributed by atoms with Gasteiger partial charge in [0, 0.05) is 43.0 Å². The van der Waals surface area contributed by atoms with Gasteiger partial charge in [0.05, 0.1) is 7.11 Å². The molecule has 24 heavy (non-hydrogen) atoms. The number of methoxy groups -OCH3 is 1. The van der Waals surface area contributed by atoms with E-state index in [1.54, 1.807) is 31.4 Å². The van der Waals surface area contributed by atoms with Crippen LogP contribution in [-0.2, 0) is 9.59 Å². The van der Waals surface area contributed by atoms with Crippen molar-refractivity contribution >= 4 is 28.9 Å². The Morgan fingerprint density at radius 2 is 1.62 bits per heavy atom. The summed E-state index contributed by atoms with van der Waals surface area (Å²) in [5.41, 5.74) is 2.29. The Balaban J connectivity index is 1.77. The fourth-order valence-electron chi connectivity index (χ4n) is 2.12. The summed E-state index contributed by atoms with van der Waals surface area (Å²) in [4.78, 5) is 22.9. The smallest absolute Gasteiger partial charge is 0.226 e. The maximum Gasteiger partial charge on any atom is 0.226 e. The third-order valence-corrected chi connectivity index (χ3v) is 3.24. The van der Waals surface area contributed by atoms with Crippen LogP contribution in [0.1, 0.15) is 13.3 Å². The largest absolute Gasteiger partial charge is 0.497 e. The van der Waals surface area contributed by atoms with E-state index in [2.05, 4.69) is 16.0 Å². The van der Waals surface area contributed by atoms with Gasteiger partial charge < -0.3 is 20.7 Å². The number of benzene rings is 2. The molecule has 126 valence electrons. The highest BCUT2D eigenvalue weighted by Crippen LogP contribution is 2.17. The predicted molar refractivity (Wildman–Crippen MR) is 95.5 cm³/mol. The van der Waals surface area contributed by atoms with Gasteiger partial charge in [0.2, 0.25) is 11.8 Å². The van der Waals surface area contributed by atoms with Gasteiger partial charge in [-0.15, -0.1) is 0 Å². The lowest BCUT2D eigenvalue weighted by Crippen LogP contribution is -2.16. The van der Waals surface area contributed by atoms with Crippen LogP contribution in [0.2, 0.25) is 0 Å². The molecule has 6 heteroatoms. The molecule has 0 aliphatic heterocycles. The van der Waals surface area contributed by atoms with Gasteiger partial charge in [-0.3, -0.25) is 9.59 Å². The number of hydrogen-bond acceptors (Lipinski definition) is 4. The highest BCUT2D eigenvalue weighted by molar-refractivity contribution is 5.92. The van der Waals surface area contributed by atoms with Gasteiger partial charge in [-0.1, -0.05) is 6.07 Å². The van der Waals surface area contributed by atoms with Crippen molar-refractivity contribution in [3.63, 3.8) is 0 Å². The van der Waals surface area contributed by atoms with E-state index < -0.39 is 0 Å². The van der Waals surface area contributed by atoms with Crippen LogP contribution in [-0.4, -0.2) is 25.5 Å². The highest BCUT2D eigenvalue weighted by Gasteiger charge is 2.03. The molecular formula is C18H21N3O3. The molecule has 0 fully saturated rings. The fourth-order valence-corrected chi connectivity index (χ4v) is 2.12.